The van der Waals surface area contributed by atoms with Crippen LogP contribution >= 0.6 is 21.6 Å². The van der Waals surface area contributed by atoms with Gasteiger partial charge in [-0.2, -0.15) is 0 Å². The maximum atomic E-state index is 11.8. The van der Waals surface area contributed by atoms with E-state index in [0.717, 1.165) is 44.1 Å². The van der Waals surface area contributed by atoms with Crippen molar-refractivity contribution in [3.05, 3.63) is 0 Å². The highest BCUT2D eigenvalue weighted by atomic mass is 33.1. The van der Waals surface area contributed by atoms with Gasteiger partial charge in [0.2, 0.25) is 5.91 Å². The molecule has 3 nitrogen and oxygen atoms in total. The van der Waals surface area contributed by atoms with E-state index in [-0.39, 0.29) is 0 Å². The van der Waals surface area contributed by atoms with Crippen molar-refractivity contribution in [2.45, 2.75) is 6.42 Å². The molecule has 2 saturated heterocycles. The Morgan fingerprint density at radius 1 is 1.29 bits per heavy atom. The van der Waals surface area contributed by atoms with Gasteiger partial charge in [-0.3, -0.25) is 4.79 Å². The second-order valence-electron chi connectivity index (χ2n) is 3.75. The smallest absolute Gasteiger partial charge is 0.222 e. The Bertz CT molecular complexity index is 201. The predicted octanol–water partition coefficient (Wildman–Crippen LogP) is 0.820. The van der Waals surface area contributed by atoms with Crippen molar-refractivity contribution < 1.29 is 4.79 Å². The molecule has 5 heteroatoms. The maximum Gasteiger partial charge on any atom is 0.222 e. The Balaban J connectivity index is 1.76. The summed E-state index contributed by atoms with van der Waals surface area (Å²) in [5.74, 6) is 3.13. The summed E-state index contributed by atoms with van der Waals surface area (Å²) >= 11 is 0. The van der Waals surface area contributed by atoms with Crippen LogP contribution in [-0.4, -0.2) is 48.5 Å². The first kappa shape index (κ1) is 10.6. The molecule has 0 spiro atoms. The van der Waals surface area contributed by atoms with Crippen LogP contribution in [-0.2, 0) is 4.79 Å². The summed E-state index contributed by atoms with van der Waals surface area (Å²) in [6.45, 7) is 3.94. The largest absolute Gasteiger partial charge is 0.341 e. The number of carbonyl (C=O) groups excluding carboxylic acids is 1. The molecule has 14 heavy (non-hydrogen) atoms. The van der Waals surface area contributed by atoms with Crippen LogP contribution < -0.4 is 5.32 Å². The van der Waals surface area contributed by atoms with Gasteiger partial charge >= 0.3 is 0 Å². The molecule has 0 radical (unpaired) electrons. The first-order valence-electron chi connectivity index (χ1n) is 5.09. The summed E-state index contributed by atoms with van der Waals surface area (Å²) in [6, 6.07) is 0. The summed E-state index contributed by atoms with van der Waals surface area (Å²) in [7, 11) is 3.77. The van der Waals surface area contributed by atoms with Crippen LogP contribution in [0, 0.1) is 5.92 Å². The van der Waals surface area contributed by atoms with Crippen LogP contribution in [0.15, 0.2) is 0 Å². The molecule has 0 unspecified atom stereocenters. The van der Waals surface area contributed by atoms with Crippen LogP contribution in [0.1, 0.15) is 6.42 Å². The van der Waals surface area contributed by atoms with E-state index < -0.39 is 0 Å². The summed E-state index contributed by atoms with van der Waals surface area (Å²) in [5.41, 5.74) is 0. The Kier molecular flexibility index (Phi) is 4.01. The molecule has 0 atom stereocenters. The second-order valence-corrected chi connectivity index (χ2v) is 6.46. The number of nitrogens with zero attached hydrogens (tertiary/aromatic N) is 1. The number of hydrogen-bond acceptors (Lipinski definition) is 4. The first-order chi connectivity index (χ1) is 6.86. The monoisotopic (exact) mass is 232 g/mol. The van der Waals surface area contributed by atoms with Gasteiger partial charge in [0.25, 0.3) is 0 Å². The van der Waals surface area contributed by atoms with Crippen LogP contribution in [0.4, 0.5) is 0 Å². The van der Waals surface area contributed by atoms with Gasteiger partial charge in [-0.1, -0.05) is 21.6 Å². The molecule has 1 N–H and O–H groups in total. The third-order valence-corrected chi connectivity index (χ3v) is 5.02. The molecule has 0 bridgehead atoms. The van der Waals surface area contributed by atoms with E-state index in [1.807, 2.05) is 26.5 Å². The van der Waals surface area contributed by atoms with Crippen molar-refractivity contribution >= 4 is 27.5 Å². The third kappa shape index (κ3) is 2.81. The molecule has 0 aliphatic carbocycles. The average molecular weight is 232 g/mol. The van der Waals surface area contributed by atoms with Crippen LogP contribution in [0.3, 0.4) is 0 Å². The summed E-state index contributed by atoms with van der Waals surface area (Å²) in [5, 5.41) is 3.20. The fourth-order valence-electron chi connectivity index (χ4n) is 1.64. The molecular weight excluding hydrogens is 216 g/mol. The molecule has 0 saturated carbocycles. The maximum absolute atomic E-state index is 11.8. The Labute approximate surface area is 92.8 Å². The first-order valence-corrected chi connectivity index (χ1v) is 7.58. The fraction of sp³-hybridized carbons (Fsp3) is 0.889. The fourth-order valence-corrected chi connectivity index (χ4v) is 3.62. The highest BCUT2D eigenvalue weighted by Gasteiger charge is 2.23. The molecule has 2 aliphatic rings. The number of rotatable bonds is 2. The van der Waals surface area contributed by atoms with Crippen LogP contribution in [0.25, 0.3) is 0 Å². The molecule has 2 rings (SSSR count). The molecule has 0 aromatic rings. The molecule has 0 aromatic carbocycles. The van der Waals surface area contributed by atoms with Gasteiger partial charge in [0.05, 0.1) is 0 Å². The molecule has 80 valence electrons. The zero-order chi connectivity index (χ0) is 9.80. The van der Waals surface area contributed by atoms with Crippen LogP contribution in [0.5, 0.6) is 0 Å². The number of hydrogen-bond donors (Lipinski definition) is 1. The van der Waals surface area contributed by atoms with Crippen molar-refractivity contribution in [2.75, 3.05) is 37.7 Å². The molecule has 1 amide bonds. The molecular formula is C9H16N2OS2. The zero-order valence-corrected chi connectivity index (χ0v) is 9.83. The van der Waals surface area contributed by atoms with Gasteiger partial charge < -0.3 is 10.2 Å². The lowest BCUT2D eigenvalue weighted by Gasteiger charge is -2.29. The molecule has 2 aliphatic heterocycles. The lowest BCUT2D eigenvalue weighted by atomic mass is 9.99. The van der Waals surface area contributed by atoms with Gasteiger partial charge in [-0.05, 0) is 19.0 Å². The van der Waals surface area contributed by atoms with Crippen molar-refractivity contribution in [3.8, 4) is 0 Å². The summed E-state index contributed by atoms with van der Waals surface area (Å²) < 4.78 is 0. The minimum absolute atomic E-state index is 0.361. The summed E-state index contributed by atoms with van der Waals surface area (Å²) in [4.78, 5) is 13.9. The number of carbonyl (C=O) groups is 1. The summed E-state index contributed by atoms with van der Waals surface area (Å²) in [6.07, 6.45) is 0.752. The molecule has 2 fully saturated rings. The quantitative estimate of drug-likeness (QED) is 0.715. The minimum Gasteiger partial charge on any atom is -0.341 e. The van der Waals surface area contributed by atoms with Crippen molar-refractivity contribution in [2.24, 2.45) is 5.92 Å². The predicted molar refractivity (Wildman–Crippen MR) is 62.5 cm³/mol. The molecule has 0 aromatic heterocycles. The SMILES string of the molecule is O=C(CC1CNC1)N1CCSSCC1. The standard InChI is InChI=1S/C9H16N2OS2/c12-9(5-8-6-10-7-8)11-1-3-13-14-4-2-11/h8,10H,1-7H2. The van der Waals surface area contributed by atoms with Gasteiger partial charge in [0, 0.05) is 31.0 Å². The van der Waals surface area contributed by atoms with Gasteiger partial charge in [-0.15, -0.1) is 0 Å². The van der Waals surface area contributed by atoms with E-state index in [9.17, 15) is 4.79 Å². The van der Waals surface area contributed by atoms with E-state index in [1.54, 1.807) is 0 Å². The van der Waals surface area contributed by atoms with E-state index in [2.05, 4.69) is 5.32 Å². The van der Waals surface area contributed by atoms with Crippen LogP contribution in [0.2, 0.25) is 0 Å². The van der Waals surface area contributed by atoms with E-state index in [1.165, 1.54) is 0 Å². The van der Waals surface area contributed by atoms with E-state index >= 15 is 0 Å². The number of nitrogens with one attached hydrogen (secondary N) is 1. The average Bonchev–Trinajstić information content (AvgIpc) is 2.38. The van der Waals surface area contributed by atoms with E-state index in [4.69, 9.17) is 0 Å². The van der Waals surface area contributed by atoms with Crippen molar-refractivity contribution in [3.63, 3.8) is 0 Å². The zero-order valence-electron chi connectivity index (χ0n) is 8.20. The highest BCUT2D eigenvalue weighted by Crippen LogP contribution is 2.24. The third-order valence-electron chi connectivity index (χ3n) is 2.65. The van der Waals surface area contributed by atoms with E-state index in [0.29, 0.717) is 11.8 Å². The van der Waals surface area contributed by atoms with Gasteiger partial charge in [-0.25, -0.2) is 0 Å². The Hall–Kier alpha value is 0.130. The lowest BCUT2D eigenvalue weighted by molar-refractivity contribution is -0.132. The topological polar surface area (TPSA) is 32.3 Å². The van der Waals surface area contributed by atoms with Crippen molar-refractivity contribution in [1.82, 2.24) is 10.2 Å². The second kappa shape index (κ2) is 5.28. The van der Waals surface area contributed by atoms with Crippen molar-refractivity contribution in [1.29, 1.82) is 0 Å². The Morgan fingerprint density at radius 2 is 1.93 bits per heavy atom. The number of amides is 1. The Morgan fingerprint density at radius 3 is 2.43 bits per heavy atom. The van der Waals surface area contributed by atoms with Gasteiger partial charge in [0.1, 0.15) is 0 Å². The van der Waals surface area contributed by atoms with Gasteiger partial charge in [0.15, 0.2) is 0 Å². The molecule has 2 heterocycles. The minimum atomic E-state index is 0.361. The highest BCUT2D eigenvalue weighted by molar-refractivity contribution is 8.76. The normalized spacial score (nSPS) is 24.1. The lowest BCUT2D eigenvalue weighted by Crippen LogP contribution is -2.45.